The van der Waals surface area contributed by atoms with Crippen LogP contribution in [0, 0.1) is 0 Å². The van der Waals surface area contributed by atoms with Gasteiger partial charge in [-0.15, -0.1) is 0 Å². The van der Waals surface area contributed by atoms with Crippen LogP contribution in [-0.4, -0.2) is 18.0 Å². The molecule has 0 aliphatic heterocycles. The molecule has 21 heavy (non-hydrogen) atoms. The van der Waals surface area contributed by atoms with Gasteiger partial charge in [-0.25, -0.2) is 4.98 Å². The Balaban J connectivity index is 2.08. The quantitative estimate of drug-likeness (QED) is 0.811. The summed E-state index contributed by atoms with van der Waals surface area (Å²) in [7, 11) is 1.57. The maximum Gasteiger partial charge on any atom is 0.221 e. The predicted octanol–water partition coefficient (Wildman–Crippen LogP) is 3.42. The standard InChI is InChI=1S/C15H16BrN3O2/c1-10(20)18-13-7-6-11(8-14(13)21-2)17-9-12-4-3-5-15(16)19-12/h3-8,17H,9H2,1-2H3,(H,18,20). The minimum atomic E-state index is -0.132. The first-order valence-corrected chi connectivity index (χ1v) is 7.18. The van der Waals surface area contributed by atoms with E-state index in [1.807, 2.05) is 30.3 Å². The Morgan fingerprint density at radius 2 is 2.14 bits per heavy atom. The van der Waals surface area contributed by atoms with E-state index in [0.29, 0.717) is 18.0 Å². The van der Waals surface area contributed by atoms with Crippen molar-refractivity contribution in [2.75, 3.05) is 17.7 Å². The zero-order chi connectivity index (χ0) is 15.2. The first-order valence-electron chi connectivity index (χ1n) is 6.39. The molecule has 5 nitrogen and oxygen atoms in total. The molecule has 0 fully saturated rings. The van der Waals surface area contributed by atoms with Gasteiger partial charge < -0.3 is 15.4 Å². The highest BCUT2D eigenvalue weighted by Crippen LogP contribution is 2.28. The van der Waals surface area contributed by atoms with Crippen molar-refractivity contribution in [2.24, 2.45) is 0 Å². The lowest BCUT2D eigenvalue weighted by Gasteiger charge is -2.12. The molecule has 0 radical (unpaired) electrons. The molecule has 0 saturated carbocycles. The normalized spacial score (nSPS) is 10.0. The van der Waals surface area contributed by atoms with Crippen LogP contribution in [-0.2, 0) is 11.3 Å². The van der Waals surface area contributed by atoms with Gasteiger partial charge in [-0.1, -0.05) is 6.07 Å². The number of rotatable bonds is 5. The van der Waals surface area contributed by atoms with Crippen molar-refractivity contribution < 1.29 is 9.53 Å². The highest BCUT2D eigenvalue weighted by molar-refractivity contribution is 9.10. The molecule has 0 bridgehead atoms. The predicted molar refractivity (Wildman–Crippen MR) is 86.6 cm³/mol. The summed E-state index contributed by atoms with van der Waals surface area (Å²) in [6.07, 6.45) is 0. The molecule has 1 amide bonds. The molecule has 0 aliphatic rings. The van der Waals surface area contributed by atoms with Crippen molar-refractivity contribution in [3.8, 4) is 5.75 Å². The Hall–Kier alpha value is -2.08. The van der Waals surface area contributed by atoms with Crippen molar-refractivity contribution in [2.45, 2.75) is 13.5 Å². The van der Waals surface area contributed by atoms with Crippen molar-refractivity contribution in [1.29, 1.82) is 0 Å². The van der Waals surface area contributed by atoms with Crippen molar-refractivity contribution in [3.05, 3.63) is 46.7 Å². The molecular weight excluding hydrogens is 334 g/mol. The van der Waals surface area contributed by atoms with E-state index in [4.69, 9.17) is 4.74 Å². The molecule has 2 aromatic rings. The van der Waals surface area contributed by atoms with Gasteiger partial charge in [-0.2, -0.15) is 0 Å². The molecule has 2 N–H and O–H groups in total. The lowest BCUT2D eigenvalue weighted by Crippen LogP contribution is -2.08. The number of amides is 1. The molecule has 0 aliphatic carbocycles. The third-order valence-corrected chi connectivity index (χ3v) is 3.20. The number of ether oxygens (including phenoxy) is 1. The topological polar surface area (TPSA) is 63.2 Å². The van der Waals surface area contributed by atoms with E-state index in [9.17, 15) is 4.79 Å². The number of benzene rings is 1. The lowest BCUT2D eigenvalue weighted by molar-refractivity contribution is -0.114. The highest BCUT2D eigenvalue weighted by Gasteiger charge is 2.06. The van der Waals surface area contributed by atoms with Crippen LogP contribution >= 0.6 is 15.9 Å². The molecule has 0 spiro atoms. The van der Waals surface area contributed by atoms with Crippen LogP contribution in [0.3, 0.4) is 0 Å². The average molecular weight is 350 g/mol. The van der Waals surface area contributed by atoms with E-state index in [1.54, 1.807) is 13.2 Å². The van der Waals surface area contributed by atoms with Crippen LogP contribution < -0.4 is 15.4 Å². The first kappa shape index (κ1) is 15.3. The first-order chi connectivity index (χ1) is 10.1. The zero-order valence-corrected chi connectivity index (χ0v) is 13.4. The second-order valence-electron chi connectivity index (χ2n) is 4.40. The molecular formula is C15H16BrN3O2. The van der Waals surface area contributed by atoms with Crippen LogP contribution in [0.25, 0.3) is 0 Å². The van der Waals surface area contributed by atoms with E-state index >= 15 is 0 Å². The largest absolute Gasteiger partial charge is 0.494 e. The third-order valence-electron chi connectivity index (χ3n) is 2.76. The molecule has 6 heteroatoms. The zero-order valence-electron chi connectivity index (χ0n) is 11.8. The number of carbonyl (C=O) groups is 1. The average Bonchev–Trinajstić information content (AvgIpc) is 2.45. The number of halogens is 1. The fourth-order valence-corrected chi connectivity index (χ4v) is 2.22. The second-order valence-corrected chi connectivity index (χ2v) is 5.21. The molecule has 1 heterocycles. The summed E-state index contributed by atoms with van der Waals surface area (Å²) in [4.78, 5) is 15.5. The molecule has 0 atom stereocenters. The summed E-state index contributed by atoms with van der Waals surface area (Å²) in [6.45, 7) is 2.06. The molecule has 1 aromatic heterocycles. The van der Waals surface area contributed by atoms with E-state index in [-0.39, 0.29) is 5.91 Å². The van der Waals surface area contributed by atoms with Crippen molar-refractivity contribution in [1.82, 2.24) is 4.98 Å². The summed E-state index contributed by atoms with van der Waals surface area (Å²) in [6, 6.07) is 11.3. The number of nitrogens with one attached hydrogen (secondary N) is 2. The van der Waals surface area contributed by atoms with Crippen molar-refractivity contribution >= 4 is 33.2 Å². The number of methoxy groups -OCH3 is 1. The number of carbonyl (C=O) groups excluding carboxylic acids is 1. The van der Waals surface area contributed by atoms with E-state index in [0.717, 1.165) is 16.0 Å². The molecule has 110 valence electrons. The van der Waals surface area contributed by atoms with Gasteiger partial charge >= 0.3 is 0 Å². The van der Waals surface area contributed by atoms with Crippen molar-refractivity contribution in [3.63, 3.8) is 0 Å². The Kier molecular flexibility index (Phi) is 5.16. The van der Waals surface area contributed by atoms with E-state index in [1.165, 1.54) is 6.92 Å². The van der Waals surface area contributed by atoms with Crippen LogP contribution in [0.4, 0.5) is 11.4 Å². The molecule has 2 rings (SSSR count). The van der Waals surface area contributed by atoms with Gasteiger partial charge in [0.25, 0.3) is 0 Å². The molecule has 0 unspecified atom stereocenters. The van der Waals surface area contributed by atoms with Crippen LogP contribution in [0.5, 0.6) is 5.75 Å². The fourth-order valence-electron chi connectivity index (χ4n) is 1.84. The van der Waals surface area contributed by atoms with Gasteiger partial charge in [0, 0.05) is 18.7 Å². The second kappa shape index (κ2) is 7.08. The van der Waals surface area contributed by atoms with Gasteiger partial charge in [0.05, 0.1) is 25.0 Å². The summed E-state index contributed by atoms with van der Waals surface area (Å²) in [5.74, 6) is 0.477. The Bertz CT molecular complexity index is 647. The summed E-state index contributed by atoms with van der Waals surface area (Å²) >= 11 is 3.34. The van der Waals surface area contributed by atoms with Gasteiger partial charge in [0.15, 0.2) is 0 Å². The number of hydrogen-bond acceptors (Lipinski definition) is 4. The highest BCUT2D eigenvalue weighted by atomic mass is 79.9. The maximum atomic E-state index is 11.1. The van der Waals surface area contributed by atoms with Crippen LogP contribution in [0.2, 0.25) is 0 Å². The molecule has 0 saturated heterocycles. The summed E-state index contributed by atoms with van der Waals surface area (Å²) < 4.78 is 6.09. The van der Waals surface area contributed by atoms with Gasteiger partial charge in [0.2, 0.25) is 5.91 Å². The van der Waals surface area contributed by atoms with Gasteiger partial charge in [-0.05, 0) is 40.2 Å². The van der Waals surface area contributed by atoms with Crippen LogP contribution in [0.1, 0.15) is 12.6 Å². The van der Waals surface area contributed by atoms with E-state index < -0.39 is 0 Å². The Labute approximate surface area is 131 Å². The monoisotopic (exact) mass is 349 g/mol. The fraction of sp³-hybridized carbons (Fsp3) is 0.200. The Morgan fingerprint density at radius 3 is 2.81 bits per heavy atom. The summed E-state index contributed by atoms with van der Waals surface area (Å²) in [5, 5.41) is 5.99. The van der Waals surface area contributed by atoms with Gasteiger partial charge in [-0.3, -0.25) is 4.79 Å². The number of nitrogens with zero attached hydrogens (tertiary/aromatic N) is 1. The van der Waals surface area contributed by atoms with Crippen LogP contribution in [0.15, 0.2) is 41.0 Å². The minimum Gasteiger partial charge on any atom is -0.494 e. The van der Waals surface area contributed by atoms with E-state index in [2.05, 4.69) is 31.5 Å². The maximum absolute atomic E-state index is 11.1. The number of hydrogen-bond donors (Lipinski definition) is 2. The van der Waals surface area contributed by atoms with Gasteiger partial charge in [0.1, 0.15) is 10.4 Å². The smallest absolute Gasteiger partial charge is 0.221 e. The number of pyridine rings is 1. The lowest BCUT2D eigenvalue weighted by atomic mass is 10.2. The number of anilines is 2. The molecule has 1 aromatic carbocycles. The summed E-state index contributed by atoms with van der Waals surface area (Å²) in [5.41, 5.74) is 2.47. The number of aromatic nitrogens is 1. The minimum absolute atomic E-state index is 0.132. The third kappa shape index (κ3) is 4.46. The Morgan fingerprint density at radius 1 is 1.33 bits per heavy atom. The SMILES string of the molecule is COc1cc(NCc2cccc(Br)n2)ccc1NC(C)=O.